The predicted octanol–water partition coefficient (Wildman–Crippen LogP) is 1.27. The number of nitrogens with zero attached hydrogens (tertiary/aromatic N) is 1. The van der Waals surface area contributed by atoms with E-state index in [4.69, 9.17) is 9.47 Å². The monoisotopic (exact) mass is 460 g/mol. The van der Waals surface area contributed by atoms with Crippen LogP contribution in [0.3, 0.4) is 0 Å². The van der Waals surface area contributed by atoms with Gasteiger partial charge in [-0.2, -0.15) is 0 Å². The minimum absolute atomic E-state index is 0. The van der Waals surface area contributed by atoms with Gasteiger partial charge in [-0.3, -0.25) is 9.79 Å². The number of nitrogens with one attached hydrogen (secondary N) is 3. The first-order valence-corrected chi connectivity index (χ1v) is 8.37. The average molecular weight is 460 g/mol. The summed E-state index contributed by atoms with van der Waals surface area (Å²) in [6, 6.07) is 5.99. The first-order chi connectivity index (χ1) is 11.8. The lowest BCUT2D eigenvalue weighted by atomic mass is 10.1. The number of amides is 1. The standard InChI is InChI=1S/C17H24N4O3.HI/c1-18-17(21-9-8-19-16(22)13-3-4-13)20-7-6-12-2-5-14-15(10-12)24-11-23-14;/h2,5,10,13H,3-4,6-9,11H2,1H3,(H,19,22)(H2,18,20,21);1H. The van der Waals surface area contributed by atoms with E-state index in [1.165, 1.54) is 5.56 Å². The number of carbonyl (C=O) groups is 1. The van der Waals surface area contributed by atoms with E-state index in [0.717, 1.165) is 43.3 Å². The van der Waals surface area contributed by atoms with Gasteiger partial charge in [0.2, 0.25) is 12.7 Å². The molecule has 1 amide bonds. The minimum Gasteiger partial charge on any atom is -0.454 e. The molecule has 25 heavy (non-hydrogen) atoms. The summed E-state index contributed by atoms with van der Waals surface area (Å²) < 4.78 is 10.7. The molecule has 0 bridgehead atoms. The Hall–Kier alpha value is -1.71. The van der Waals surface area contributed by atoms with Crippen LogP contribution in [0, 0.1) is 5.92 Å². The molecule has 3 N–H and O–H groups in total. The summed E-state index contributed by atoms with van der Waals surface area (Å²) in [6.07, 6.45) is 2.92. The lowest BCUT2D eigenvalue weighted by molar-refractivity contribution is -0.122. The Morgan fingerprint density at radius 1 is 1.12 bits per heavy atom. The molecule has 2 aliphatic rings. The van der Waals surface area contributed by atoms with Gasteiger partial charge in [0.15, 0.2) is 17.5 Å². The molecular weight excluding hydrogens is 435 g/mol. The van der Waals surface area contributed by atoms with E-state index in [9.17, 15) is 4.79 Å². The van der Waals surface area contributed by atoms with E-state index < -0.39 is 0 Å². The van der Waals surface area contributed by atoms with Crippen molar-refractivity contribution >= 4 is 35.8 Å². The molecule has 7 nitrogen and oxygen atoms in total. The van der Waals surface area contributed by atoms with E-state index in [1.807, 2.05) is 18.2 Å². The molecule has 0 spiro atoms. The quantitative estimate of drug-likeness (QED) is 0.247. The number of carbonyl (C=O) groups excluding carboxylic acids is 1. The molecule has 1 aliphatic heterocycles. The van der Waals surface area contributed by atoms with Crippen molar-refractivity contribution in [3.63, 3.8) is 0 Å². The number of guanidine groups is 1. The van der Waals surface area contributed by atoms with E-state index in [-0.39, 0.29) is 35.8 Å². The minimum atomic E-state index is 0. The maximum absolute atomic E-state index is 11.5. The second kappa shape index (κ2) is 9.69. The molecule has 0 unspecified atom stereocenters. The third-order valence-corrected chi connectivity index (χ3v) is 4.03. The first-order valence-electron chi connectivity index (χ1n) is 8.37. The second-order valence-corrected chi connectivity index (χ2v) is 5.93. The molecule has 138 valence electrons. The van der Waals surface area contributed by atoms with Crippen LogP contribution in [0.25, 0.3) is 0 Å². The van der Waals surface area contributed by atoms with Crippen LogP contribution in [-0.4, -0.2) is 45.3 Å². The molecular formula is C17H25IN4O3. The summed E-state index contributed by atoms with van der Waals surface area (Å²) in [6.45, 7) is 2.32. The van der Waals surface area contributed by atoms with Crippen molar-refractivity contribution < 1.29 is 14.3 Å². The third kappa shape index (κ3) is 5.94. The van der Waals surface area contributed by atoms with E-state index in [2.05, 4.69) is 20.9 Å². The highest BCUT2D eigenvalue weighted by Crippen LogP contribution is 2.32. The molecule has 0 radical (unpaired) electrons. The van der Waals surface area contributed by atoms with Crippen molar-refractivity contribution in [1.82, 2.24) is 16.0 Å². The second-order valence-electron chi connectivity index (χ2n) is 5.93. The maximum Gasteiger partial charge on any atom is 0.231 e. The number of aliphatic imine (C=N–C) groups is 1. The normalized spacial score (nSPS) is 15.3. The Kier molecular flexibility index (Phi) is 7.60. The molecule has 8 heteroatoms. The highest BCUT2D eigenvalue weighted by atomic mass is 127. The summed E-state index contributed by atoms with van der Waals surface area (Å²) in [4.78, 5) is 15.7. The zero-order valence-corrected chi connectivity index (χ0v) is 16.7. The number of benzene rings is 1. The van der Waals surface area contributed by atoms with Crippen molar-refractivity contribution in [3.8, 4) is 11.5 Å². The highest BCUT2D eigenvalue weighted by Gasteiger charge is 2.28. The van der Waals surface area contributed by atoms with Crippen molar-refractivity contribution in [2.45, 2.75) is 19.3 Å². The van der Waals surface area contributed by atoms with Gasteiger partial charge in [-0.1, -0.05) is 6.07 Å². The fraction of sp³-hybridized carbons (Fsp3) is 0.529. The Bertz CT molecular complexity index is 620. The third-order valence-electron chi connectivity index (χ3n) is 4.03. The summed E-state index contributed by atoms with van der Waals surface area (Å²) in [5.41, 5.74) is 1.18. The van der Waals surface area contributed by atoms with Crippen LogP contribution in [0.5, 0.6) is 11.5 Å². The van der Waals surface area contributed by atoms with Gasteiger partial charge in [0.25, 0.3) is 0 Å². The topological polar surface area (TPSA) is 84.0 Å². The zero-order chi connectivity index (χ0) is 16.8. The molecule has 1 aromatic carbocycles. The fourth-order valence-corrected chi connectivity index (χ4v) is 2.50. The van der Waals surface area contributed by atoms with Crippen LogP contribution in [-0.2, 0) is 11.2 Å². The molecule has 1 heterocycles. The van der Waals surface area contributed by atoms with Crippen LogP contribution in [0.15, 0.2) is 23.2 Å². The lowest BCUT2D eigenvalue weighted by Gasteiger charge is -2.12. The van der Waals surface area contributed by atoms with Gasteiger partial charge in [0, 0.05) is 32.6 Å². The van der Waals surface area contributed by atoms with Gasteiger partial charge in [-0.25, -0.2) is 0 Å². The number of ether oxygens (including phenoxy) is 2. The number of hydrogen-bond acceptors (Lipinski definition) is 4. The van der Waals surface area contributed by atoms with Crippen LogP contribution in [0.4, 0.5) is 0 Å². The Morgan fingerprint density at radius 3 is 2.60 bits per heavy atom. The van der Waals surface area contributed by atoms with Gasteiger partial charge in [-0.05, 0) is 37.0 Å². The van der Waals surface area contributed by atoms with Gasteiger partial charge in [-0.15, -0.1) is 24.0 Å². The van der Waals surface area contributed by atoms with Crippen LogP contribution in [0.1, 0.15) is 18.4 Å². The van der Waals surface area contributed by atoms with Gasteiger partial charge in [0.1, 0.15) is 0 Å². The summed E-state index contributed by atoms with van der Waals surface area (Å²) >= 11 is 0. The van der Waals surface area contributed by atoms with Gasteiger partial charge >= 0.3 is 0 Å². The summed E-state index contributed by atoms with van der Waals surface area (Å²) in [5.74, 6) is 2.77. The first kappa shape index (κ1) is 19.6. The molecule has 3 rings (SSSR count). The number of halogens is 1. The Balaban J connectivity index is 0.00000225. The molecule has 0 saturated heterocycles. The van der Waals surface area contributed by atoms with Gasteiger partial charge in [0.05, 0.1) is 0 Å². The lowest BCUT2D eigenvalue weighted by Crippen LogP contribution is -2.42. The molecule has 0 atom stereocenters. The zero-order valence-electron chi connectivity index (χ0n) is 14.3. The van der Waals surface area contributed by atoms with Crippen LogP contribution in [0.2, 0.25) is 0 Å². The van der Waals surface area contributed by atoms with Crippen LogP contribution >= 0.6 is 24.0 Å². The summed E-state index contributed by atoms with van der Waals surface area (Å²) in [7, 11) is 1.73. The molecule has 1 aromatic rings. The number of rotatable bonds is 7. The van der Waals surface area contributed by atoms with Crippen LogP contribution < -0.4 is 25.4 Å². The largest absolute Gasteiger partial charge is 0.454 e. The predicted molar refractivity (Wildman–Crippen MR) is 107 cm³/mol. The van der Waals surface area contributed by atoms with Crippen molar-refractivity contribution in [2.24, 2.45) is 10.9 Å². The van der Waals surface area contributed by atoms with E-state index >= 15 is 0 Å². The molecule has 1 aliphatic carbocycles. The molecule has 0 aromatic heterocycles. The number of fused-ring (bicyclic) bond motifs is 1. The smallest absolute Gasteiger partial charge is 0.231 e. The maximum atomic E-state index is 11.5. The molecule has 1 saturated carbocycles. The van der Waals surface area contributed by atoms with Crippen molar-refractivity contribution in [1.29, 1.82) is 0 Å². The molecule has 1 fully saturated rings. The van der Waals surface area contributed by atoms with E-state index in [0.29, 0.717) is 19.9 Å². The fourth-order valence-electron chi connectivity index (χ4n) is 2.50. The average Bonchev–Trinajstić information content (AvgIpc) is 3.35. The number of hydrogen-bond donors (Lipinski definition) is 3. The van der Waals surface area contributed by atoms with E-state index in [1.54, 1.807) is 7.05 Å². The highest BCUT2D eigenvalue weighted by molar-refractivity contribution is 14.0. The Morgan fingerprint density at radius 2 is 1.84 bits per heavy atom. The SMILES string of the molecule is CN=C(NCCNC(=O)C1CC1)NCCc1ccc2c(c1)OCO2.I. The van der Waals surface area contributed by atoms with Gasteiger partial charge < -0.3 is 25.4 Å². The van der Waals surface area contributed by atoms with Crippen molar-refractivity contribution in [3.05, 3.63) is 23.8 Å². The summed E-state index contributed by atoms with van der Waals surface area (Å²) in [5, 5.41) is 9.37. The Labute approximate surface area is 165 Å². The van der Waals surface area contributed by atoms with Crippen molar-refractivity contribution in [2.75, 3.05) is 33.5 Å².